The fourth-order valence-corrected chi connectivity index (χ4v) is 1.71. The molecule has 0 fully saturated rings. The van der Waals surface area contributed by atoms with Gasteiger partial charge in [-0.3, -0.25) is 0 Å². The standard InChI is InChI=1S/C12H12ClFN4O/c1-6-16-11(13)10(15)12(17-6)18-9-4-3-7(19-2)5-8(9)14/h3-5H,15H2,1-2H3,(H,16,17,18). The molecule has 2 rings (SSSR count). The van der Waals surface area contributed by atoms with Gasteiger partial charge in [0.25, 0.3) is 0 Å². The fourth-order valence-electron chi connectivity index (χ4n) is 1.49. The van der Waals surface area contributed by atoms with Gasteiger partial charge in [0.15, 0.2) is 11.0 Å². The summed E-state index contributed by atoms with van der Waals surface area (Å²) in [5.74, 6) is 0.649. The van der Waals surface area contributed by atoms with Crippen molar-refractivity contribution in [3.63, 3.8) is 0 Å². The van der Waals surface area contributed by atoms with E-state index in [0.29, 0.717) is 11.6 Å². The molecular weight excluding hydrogens is 271 g/mol. The molecule has 0 unspecified atom stereocenters. The molecule has 0 amide bonds. The number of halogens is 2. The van der Waals surface area contributed by atoms with Crippen LogP contribution in [-0.2, 0) is 0 Å². The maximum Gasteiger partial charge on any atom is 0.159 e. The van der Waals surface area contributed by atoms with Gasteiger partial charge in [0.2, 0.25) is 0 Å². The van der Waals surface area contributed by atoms with Gasteiger partial charge in [-0.15, -0.1) is 0 Å². The summed E-state index contributed by atoms with van der Waals surface area (Å²) >= 11 is 5.84. The smallest absolute Gasteiger partial charge is 0.159 e. The van der Waals surface area contributed by atoms with Crippen molar-refractivity contribution in [2.75, 3.05) is 18.2 Å². The van der Waals surface area contributed by atoms with Gasteiger partial charge in [-0.25, -0.2) is 14.4 Å². The molecule has 0 atom stereocenters. The summed E-state index contributed by atoms with van der Waals surface area (Å²) < 4.78 is 18.7. The summed E-state index contributed by atoms with van der Waals surface area (Å²) in [6.07, 6.45) is 0. The first kappa shape index (κ1) is 13.4. The van der Waals surface area contributed by atoms with Gasteiger partial charge in [-0.1, -0.05) is 11.6 Å². The number of nitrogens with one attached hydrogen (secondary N) is 1. The SMILES string of the molecule is COc1ccc(Nc2nc(C)nc(Cl)c2N)c(F)c1. The Morgan fingerprint density at radius 3 is 2.74 bits per heavy atom. The summed E-state index contributed by atoms with van der Waals surface area (Å²) in [7, 11) is 1.47. The van der Waals surface area contributed by atoms with E-state index in [4.69, 9.17) is 22.1 Å². The molecule has 7 heteroatoms. The highest BCUT2D eigenvalue weighted by molar-refractivity contribution is 6.32. The minimum Gasteiger partial charge on any atom is -0.497 e. The molecule has 0 saturated carbocycles. The van der Waals surface area contributed by atoms with Gasteiger partial charge >= 0.3 is 0 Å². The second-order valence-corrected chi connectivity index (χ2v) is 4.15. The normalized spacial score (nSPS) is 10.3. The van der Waals surface area contributed by atoms with Crippen LogP contribution in [0.5, 0.6) is 5.75 Å². The Labute approximate surface area is 114 Å². The lowest BCUT2D eigenvalue weighted by Crippen LogP contribution is -2.04. The van der Waals surface area contributed by atoms with E-state index in [-0.39, 0.29) is 22.3 Å². The molecule has 0 spiro atoms. The molecule has 19 heavy (non-hydrogen) atoms. The van der Waals surface area contributed by atoms with Crippen LogP contribution in [0, 0.1) is 12.7 Å². The summed E-state index contributed by atoms with van der Waals surface area (Å²) in [5.41, 5.74) is 6.13. The number of nitrogen functional groups attached to an aromatic ring is 1. The van der Waals surface area contributed by atoms with Crippen LogP contribution in [0.2, 0.25) is 5.15 Å². The first-order valence-electron chi connectivity index (χ1n) is 5.41. The van der Waals surface area contributed by atoms with Crippen LogP contribution in [-0.4, -0.2) is 17.1 Å². The van der Waals surface area contributed by atoms with Crippen LogP contribution in [0.15, 0.2) is 18.2 Å². The lowest BCUT2D eigenvalue weighted by atomic mass is 10.3. The van der Waals surface area contributed by atoms with E-state index in [0.717, 1.165) is 0 Å². The van der Waals surface area contributed by atoms with Crippen molar-refractivity contribution >= 4 is 28.8 Å². The van der Waals surface area contributed by atoms with Gasteiger partial charge in [0.1, 0.15) is 23.1 Å². The second kappa shape index (κ2) is 5.27. The van der Waals surface area contributed by atoms with Gasteiger partial charge in [-0.2, -0.15) is 0 Å². The topological polar surface area (TPSA) is 73.1 Å². The van der Waals surface area contributed by atoms with E-state index in [1.54, 1.807) is 13.0 Å². The van der Waals surface area contributed by atoms with E-state index >= 15 is 0 Å². The number of hydrogen-bond acceptors (Lipinski definition) is 5. The molecule has 0 aliphatic heterocycles. The highest BCUT2D eigenvalue weighted by atomic mass is 35.5. The number of aryl methyl sites for hydroxylation is 1. The third kappa shape index (κ3) is 2.85. The Morgan fingerprint density at radius 2 is 2.11 bits per heavy atom. The maximum atomic E-state index is 13.8. The first-order valence-corrected chi connectivity index (χ1v) is 5.79. The lowest BCUT2D eigenvalue weighted by molar-refractivity contribution is 0.411. The molecule has 1 heterocycles. The van der Waals surface area contributed by atoms with Crippen molar-refractivity contribution in [3.05, 3.63) is 35.0 Å². The first-order chi connectivity index (χ1) is 9.01. The van der Waals surface area contributed by atoms with E-state index in [9.17, 15) is 4.39 Å². The number of ether oxygens (including phenoxy) is 1. The Bertz CT molecular complexity index is 621. The largest absolute Gasteiger partial charge is 0.497 e. The van der Waals surface area contributed by atoms with E-state index < -0.39 is 5.82 Å². The zero-order chi connectivity index (χ0) is 14.0. The van der Waals surface area contributed by atoms with Crippen LogP contribution in [0.3, 0.4) is 0 Å². The molecule has 1 aromatic carbocycles. The molecule has 100 valence electrons. The fraction of sp³-hybridized carbons (Fsp3) is 0.167. The lowest BCUT2D eigenvalue weighted by Gasteiger charge is -2.11. The van der Waals surface area contributed by atoms with Crippen molar-refractivity contribution in [3.8, 4) is 5.75 Å². The van der Waals surface area contributed by atoms with Crippen LogP contribution >= 0.6 is 11.6 Å². The van der Waals surface area contributed by atoms with E-state index in [1.807, 2.05) is 0 Å². The molecular formula is C12H12ClFN4O. The second-order valence-electron chi connectivity index (χ2n) is 3.79. The van der Waals surface area contributed by atoms with Crippen molar-refractivity contribution in [1.29, 1.82) is 0 Å². The number of nitrogens with zero attached hydrogens (tertiary/aromatic N) is 2. The summed E-state index contributed by atoms with van der Waals surface area (Å²) in [5, 5.41) is 2.91. The van der Waals surface area contributed by atoms with Gasteiger partial charge in [-0.05, 0) is 19.1 Å². The molecule has 0 bridgehead atoms. The molecule has 3 N–H and O–H groups in total. The highest BCUT2D eigenvalue weighted by Crippen LogP contribution is 2.28. The minimum absolute atomic E-state index is 0.129. The molecule has 2 aromatic rings. The Kier molecular flexibility index (Phi) is 3.71. The minimum atomic E-state index is -0.480. The van der Waals surface area contributed by atoms with Gasteiger partial charge in [0, 0.05) is 6.07 Å². The average molecular weight is 283 g/mol. The van der Waals surface area contributed by atoms with Crippen LogP contribution in [0.4, 0.5) is 21.6 Å². The third-order valence-electron chi connectivity index (χ3n) is 2.44. The van der Waals surface area contributed by atoms with Gasteiger partial charge in [0.05, 0.1) is 12.8 Å². The number of nitrogens with two attached hydrogens (primary N) is 1. The van der Waals surface area contributed by atoms with Crippen LogP contribution in [0.25, 0.3) is 0 Å². The molecule has 0 radical (unpaired) electrons. The quantitative estimate of drug-likeness (QED) is 0.847. The van der Waals surface area contributed by atoms with Crippen molar-refractivity contribution in [2.24, 2.45) is 0 Å². The molecule has 5 nitrogen and oxygen atoms in total. The van der Waals surface area contributed by atoms with Crippen molar-refractivity contribution < 1.29 is 9.13 Å². The maximum absolute atomic E-state index is 13.8. The zero-order valence-corrected chi connectivity index (χ0v) is 11.1. The number of anilines is 3. The Balaban J connectivity index is 2.36. The summed E-state index contributed by atoms with van der Waals surface area (Å²) in [6.45, 7) is 1.67. The number of benzene rings is 1. The number of methoxy groups -OCH3 is 1. The Hall–Kier alpha value is -2.08. The molecule has 0 aliphatic rings. The predicted octanol–water partition coefficient (Wildman–Crippen LogP) is 2.91. The van der Waals surface area contributed by atoms with Crippen LogP contribution in [0.1, 0.15) is 5.82 Å². The summed E-state index contributed by atoms with van der Waals surface area (Å²) in [4.78, 5) is 7.98. The number of hydrogen-bond donors (Lipinski definition) is 2. The van der Waals surface area contributed by atoms with Crippen LogP contribution < -0.4 is 15.8 Å². The summed E-state index contributed by atoms with van der Waals surface area (Å²) in [6, 6.07) is 4.41. The molecule has 0 aliphatic carbocycles. The van der Waals surface area contributed by atoms with Crippen molar-refractivity contribution in [1.82, 2.24) is 9.97 Å². The zero-order valence-electron chi connectivity index (χ0n) is 10.4. The van der Waals surface area contributed by atoms with Crippen molar-refractivity contribution in [2.45, 2.75) is 6.92 Å². The van der Waals surface area contributed by atoms with E-state index in [1.165, 1.54) is 19.2 Å². The predicted molar refractivity (Wildman–Crippen MR) is 72.4 cm³/mol. The molecule has 1 aromatic heterocycles. The molecule has 0 saturated heterocycles. The highest BCUT2D eigenvalue weighted by Gasteiger charge is 2.11. The Morgan fingerprint density at radius 1 is 1.37 bits per heavy atom. The third-order valence-corrected chi connectivity index (χ3v) is 2.73. The number of rotatable bonds is 3. The van der Waals surface area contributed by atoms with E-state index in [2.05, 4.69) is 15.3 Å². The van der Waals surface area contributed by atoms with Gasteiger partial charge < -0.3 is 15.8 Å². The number of aromatic nitrogens is 2. The monoisotopic (exact) mass is 282 g/mol. The average Bonchev–Trinajstić information content (AvgIpc) is 2.37.